The summed E-state index contributed by atoms with van der Waals surface area (Å²) in [6.45, 7) is 8.35. The summed E-state index contributed by atoms with van der Waals surface area (Å²) in [5.41, 5.74) is 5.14. The van der Waals surface area contributed by atoms with Crippen molar-refractivity contribution in [1.82, 2.24) is 9.88 Å². The van der Waals surface area contributed by atoms with Crippen LogP contribution in [0.3, 0.4) is 0 Å². The van der Waals surface area contributed by atoms with Crippen molar-refractivity contribution in [3.8, 4) is 5.69 Å². The molecule has 0 amide bonds. The molecule has 1 aromatic carbocycles. The van der Waals surface area contributed by atoms with Gasteiger partial charge in [-0.2, -0.15) is 0 Å². The highest BCUT2D eigenvalue weighted by Gasteiger charge is 2.04. The second-order valence-electron chi connectivity index (χ2n) is 4.40. The molecule has 17 heavy (non-hydrogen) atoms. The largest absolute Gasteiger partial charge is 0.319 e. The van der Waals surface area contributed by atoms with E-state index in [9.17, 15) is 0 Å². The van der Waals surface area contributed by atoms with Crippen LogP contribution in [0, 0.1) is 13.8 Å². The highest BCUT2D eigenvalue weighted by molar-refractivity contribution is 5.40. The molecule has 1 aromatic heterocycles. The summed E-state index contributed by atoms with van der Waals surface area (Å²) in [6.07, 6.45) is 0. The third-order valence-electron chi connectivity index (χ3n) is 3.02. The van der Waals surface area contributed by atoms with Crippen LogP contribution in [-0.2, 0) is 6.54 Å². The normalized spacial score (nSPS) is 10.8. The van der Waals surface area contributed by atoms with Crippen LogP contribution in [0.2, 0.25) is 0 Å². The molecule has 0 spiro atoms. The summed E-state index contributed by atoms with van der Waals surface area (Å²) in [4.78, 5) is 0. The maximum Gasteiger partial charge on any atom is 0.0458 e. The molecule has 0 bridgehead atoms. The molecule has 0 aliphatic heterocycles. The van der Waals surface area contributed by atoms with E-state index >= 15 is 0 Å². The zero-order valence-corrected chi connectivity index (χ0v) is 10.8. The van der Waals surface area contributed by atoms with Crippen LogP contribution in [0.25, 0.3) is 5.69 Å². The average Bonchev–Trinajstić information content (AvgIpc) is 2.67. The van der Waals surface area contributed by atoms with Gasteiger partial charge in [-0.15, -0.1) is 0 Å². The predicted molar refractivity (Wildman–Crippen MR) is 72.6 cm³/mol. The van der Waals surface area contributed by atoms with Gasteiger partial charge >= 0.3 is 0 Å². The van der Waals surface area contributed by atoms with Crippen molar-refractivity contribution in [2.45, 2.75) is 27.3 Å². The lowest BCUT2D eigenvalue weighted by Gasteiger charge is -2.11. The maximum atomic E-state index is 3.36. The molecule has 0 unspecified atom stereocenters. The van der Waals surface area contributed by atoms with Gasteiger partial charge in [-0.05, 0) is 50.2 Å². The zero-order chi connectivity index (χ0) is 12.3. The first-order valence-electron chi connectivity index (χ1n) is 6.17. The van der Waals surface area contributed by atoms with Gasteiger partial charge in [0.05, 0.1) is 0 Å². The van der Waals surface area contributed by atoms with Gasteiger partial charge in [0.25, 0.3) is 0 Å². The molecule has 0 saturated heterocycles. The molecule has 0 fully saturated rings. The van der Waals surface area contributed by atoms with Gasteiger partial charge in [-0.3, -0.25) is 0 Å². The van der Waals surface area contributed by atoms with Crippen molar-refractivity contribution in [2.24, 2.45) is 0 Å². The van der Waals surface area contributed by atoms with Crippen LogP contribution in [0.4, 0.5) is 0 Å². The summed E-state index contributed by atoms with van der Waals surface area (Å²) in [6, 6.07) is 13.0. The molecule has 0 atom stereocenters. The quantitative estimate of drug-likeness (QED) is 0.850. The van der Waals surface area contributed by atoms with Crippen LogP contribution >= 0.6 is 0 Å². The summed E-state index contributed by atoms with van der Waals surface area (Å²) in [5, 5.41) is 3.36. The van der Waals surface area contributed by atoms with E-state index in [4.69, 9.17) is 0 Å². The third-order valence-corrected chi connectivity index (χ3v) is 3.02. The van der Waals surface area contributed by atoms with Crippen LogP contribution in [0.5, 0.6) is 0 Å². The minimum atomic E-state index is 0.934. The van der Waals surface area contributed by atoms with E-state index in [0.29, 0.717) is 0 Å². The fourth-order valence-electron chi connectivity index (χ4n) is 2.15. The summed E-state index contributed by atoms with van der Waals surface area (Å²) in [7, 11) is 0. The van der Waals surface area contributed by atoms with E-state index < -0.39 is 0 Å². The molecule has 0 aliphatic rings. The Morgan fingerprint density at radius 1 is 1.06 bits per heavy atom. The Morgan fingerprint density at radius 3 is 2.41 bits per heavy atom. The molecule has 0 aliphatic carbocycles. The van der Waals surface area contributed by atoms with Crippen LogP contribution < -0.4 is 5.32 Å². The lowest BCUT2D eigenvalue weighted by atomic mass is 10.2. The van der Waals surface area contributed by atoms with Crippen LogP contribution in [0.15, 0.2) is 36.4 Å². The Balaban J connectivity index is 2.33. The van der Waals surface area contributed by atoms with Crippen molar-refractivity contribution in [2.75, 3.05) is 6.54 Å². The SMILES string of the molecule is CCNCc1cccc(-n2c(C)ccc2C)c1. The van der Waals surface area contributed by atoms with Crippen molar-refractivity contribution in [3.05, 3.63) is 53.3 Å². The van der Waals surface area contributed by atoms with E-state index in [0.717, 1.165) is 13.1 Å². The fraction of sp³-hybridized carbons (Fsp3) is 0.333. The van der Waals surface area contributed by atoms with Gasteiger partial charge in [0, 0.05) is 23.6 Å². The predicted octanol–water partition coefficient (Wildman–Crippen LogP) is 3.20. The molecular weight excluding hydrogens is 208 g/mol. The van der Waals surface area contributed by atoms with E-state index in [2.05, 4.69) is 67.1 Å². The Kier molecular flexibility index (Phi) is 3.64. The topological polar surface area (TPSA) is 17.0 Å². The average molecular weight is 228 g/mol. The van der Waals surface area contributed by atoms with Crippen LogP contribution in [0.1, 0.15) is 23.9 Å². The smallest absolute Gasteiger partial charge is 0.0458 e. The molecule has 0 saturated carbocycles. The van der Waals surface area contributed by atoms with Gasteiger partial charge in [-0.25, -0.2) is 0 Å². The van der Waals surface area contributed by atoms with Crippen molar-refractivity contribution in [1.29, 1.82) is 0 Å². The third kappa shape index (κ3) is 2.59. The van der Waals surface area contributed by atoms with Gasteiger partial charge in [-0.1, -0.05) is 19.1 Å². The van der Waals surface area contributed by atoms with Crippen molar-refractivity contribution >= 4 is 0 Å². The van der Waals surface area contributed by atoms with Crippen LogP contribution in [-0.4, -0.2) is 11.1 Å². The Labute approximate surface area is 103 Å². The standard InChI is InChI=1S/C15H20N2/c1-4-16-11-14-6-5-7-15(10-14)17-12(2)8-9-13(17)3/h5-10,16H,4,11H2,1-3H3. The molecule has 2 aromatic rings. The number of nitrogens with one attached hydrogen (secondary N) is 1. The highest BCUT2D eigenvalue weighted by Crippen LogP contribution is 2.17. The summed E-state index contributed by atoms with van der Waals surface area (Å²) in [5.74, 6) is 0. The highest BCUT2D eigenvalue weighted by atomic mass is 15.0. The zero-order valence-electron chi connectivity index (χ0n) is 10.8. The van der Waals surface area contributed by atoms with E-state index in [-0.39, 0.29) is 0 Å². The van der Waals surface area contributed by atoms with E-state index in [1.165, 1.54) is 22.6 Å². The molecule has 2 heteroatoms. The summed E-state index contributed by atoms with van der Waals surface area (Å²) >= 11 is 0. The molecule has 1 heterocycles. The first-order valence-corrected chi connectivity index (χ1v) is 6.17. The second kappa shape index (κ2) is 5.19. The fourth-order valence-corrected chi connectivity index (χ4v) is 2.15. The van der Waals surface area contributed by atoms with Gasteiger partial charge in [0.1, 0.15) is 0 Å². The molecule has 90 valence electrons. The van der Waals surface area contributed by atoms with Crippen molar-refractivity contribution < 1.29 is 0 Å². The first-order chi connectivity index (χ1) is 8.22. The number of aryl methyl sites for hydroxylation is 2. The van der Waals surface area contributed by atoms with Crippen molar-refractivity contribution in [3.63, 3.8) is 0 Å². The van der Waals surface area contributed by atoms with E-state index in [1.807, 2.05) is 0 Å². The number of rotatable bonds is 4. The lowest BCUT2D eigenvalue weighted by Crippen LogP contribution is -2.12. The minimum Gasteiger partial charge on any atom is -0.319 e. The molecule has 1 N–H and O–H groups in total. The second-order valence-corrected chi connectivity index (χ2v) is 4.40. The Bertz CT molecular complexity index is 478. The van der Waals surface area contributed by atoms with Gasteiger partial charge < -0.3 is 9.88 Å². The Hall–Kier alpha value is -1.54. The molecule has 0 radical (unpaired) electrons. The lowest BCUT2D eigenvalue weighted by molar-refractivity contribution is 0.726. The number of hydrogen-bond donors (Lipinski definition) is 1. The maximum absolute atomic E-state index is 3.36. The number of aromatic nitrogens is 1. The summed E-state index contributed by atoms with van der Waals surface area (Å²) < 4.78 is 2.29. The molecule has 2 nitrogen and oxygen atoms in total. The first kappa shape index (κ1) is 11.9. The van der Waals surface area contributed by atoms with E-state index in [1.54, 1.807) is 0 Å². The number of nitrogens with zero attached hydrogens (tertiary/aromatic N) is 1. The van der Waals surface area contributed by atoms with Gasteiger partial charge in [0.2, 0.25) is 0 Å². The molecular formula is C15H20N2. The minimum absolute atomic E-state index is 0.934. The number of hydrogen-bond acceptors (Lipinski definition) is 1. The monoisotopic (exact) mass is 228 g/mol. The molecule has 2 rings (SSSR count). The van der Waals surface area contributed by atoms with Gasteiger partial charge in [0.15, 0.2) is 0 Å². The number of benzene rings is 1. The Morgan fingerprint density at radius 2 is 1.76 bits per heavy atom.